The molecule has 26 heavy (non-hydrogen) atoms. The van der Waals surface area contributed by atoms with Crippen LogP contribution >= 0.6 is 0 Å². The fraction of sp³-hybridized carbons (Fsp3) is 0.286. The number of ether oxygens (including phenoxy) is 3. The highest BCUT2D eigenvalue weighted by molar-refractivity contribution is 5.91. The highest BCUT2D eigenvalue weighted by Gasteiger charge is 2.05. The Bertz CT molecular complexity index is 755. The number of hydrogen-bond acceptors (Lipinski definition) is 4. The Labute approximate surface area is 154 Å². The summed E-state index contributed by atoms with van der Waals surface area (Å²) in [6.07, 6.45) is 3.97. The van der Waals surface area contributed by atoms with Crippen LogP contribution in [0.15, 0.2) is 48.5 Å². The molecular formula is C21H25NO4. The van der Waals surface area contributed by atoms with E-state index in [1.807, 2.05) is 49.4 Å². The lowest BCUT2D eigenvalue weighted by Gasteiger charge is -2.09. The minimum Gasteiger partial charge on any atom is -0.496 e. The topological polar surface area (TPSA) is 56.8 Å². The number of hydrogen-bond donors (Lipinski definition) is 1. The van der Waals surface area contributed by atoms with Crippen LogP contribution in [0, 0.1) is 0 Å². The quantitative estimate of drug-likeness (QED) is 0.700. The average molecular weight is 355 g/mol. The van der Waals surface area contributed by atoms with Crippen molar-refractivity contribution < 1.29 is 19.0 Å². The van der Waals surface area contributed by atoms with E-state index in [9.17, 15) is 4.79 Å². The molecule has 2 aromatic carbocycles. The Balaban J connectivity index is 1.90. The van der Waals surface area contributed by atoms with Crippen LogP contribution in [0.3, 0.4) is 0 Å². The molecule has 5 heteroatoms. The van der Waals surface area contributed by atoms with E-state index in [2.05, 4.69) is 5.32 Å². The minimum atomic E-state index is -0.145. The van der Waals surface area contributed by atoms with Crippen LogP contribution in [0.1, 0.15) is 18.1 Å². The smallest absolute Gasteiger partial charge is 0.244 e. The fourth-order valence-electron chi connectivity index (χ4n) is 2.53. The molecule has 0 heterocycles. The number of carbonyl (C=O) groups excluding carboxylic acids is 1. The molecule has 138 valence electrons. The monoisotopic (exact) mass is 355 g/mol. The Hall–Kier alpha value is -2.95. The number of methoxy groups -OCH3 is 2. The van der Waals surface area contributed by atoms with E-state index in [4.69, 9.17) is 14.2 Å². The van der Waals surface area contributed by atoms with Gasteiger partial charge in [-0.1, -0.05) is 24.3 Å². The van der Waals surface area contributed by atoms with Gasteiger partial charge in [-0.2, -0.15) is 0 Å². The van der Waals surface area contributed by atoms with Crippen LogP contribution in [0.2, 0.25) is 0 Å². The first kappa shape index (κ1) is 19.4. The fourth-order valence-corrected chi connectivity index (χ4v) is 2.53. The maximum Gasteiger partial charge on any atom is 0.244 e. The van der Waals surface area contributed by atoms with Gasteiger partial charge in [-0.3, -0.25) is 4.79 Å². The van der Waals surface area contributed by atoms with E-state index in [-0.39, 0.29) is 5.91 Å². The molecular weight excluding hydrogens is 330 g/mol. The van der Waals surface area contributed by atoms with Crippen LogP contribution in [0.25, 0.3) is 6.08 Å². The van der Waals surface area contributed by atoms with Gasteiger partial charge in [-0.15, -0.1) is 0 Å². The van der Waals surface area contributed by atoms with Crippen molar-refractivity contribution in [1.29, 1.82) is 0 Å². The number of benzene rings is 2. The zero-order valence-corrected chi connectivity index (χ0v) is 15.5. The third kappa shape index (κ3) is 5.55. The largest absolute Gasteiger partial charge is 0.496 e. The van der Waals surface area contributed by atoms with Crippen molar-refractivity contribution in [3.8, 4) is 17.2 Å². The van der Waals surface area contributed by atoms with Crippen LogP contribution in [-0.4, -0.2) is 33.3 Å². The molecule has 5 nitrogen and oxygen atoms in total. The number of para-hydroxylation sites is 1. The number of amides is 1. The van der Waals surface area contributed by atoms with Gasteiger partial charge in [0.15, 0.2) is 11.5 Å². The maximum absolute atomic E-state index is 12.0. The molecule has 0 unspecified atom stereocenters. The van der Waals surface area contributed by atoms with E-state index >= 15 is 0 Å². The van der Waals surface area contributed by atoms with E-state index in [1.54, 1.807) is 20.3 Å². The van der Waals surface area contributed by atoms with Gasteiger partial charge in [-0.05, 0) is 48.7 Å². The van der Waals surface area contributed by atoms with Crippen molar-refractivity contribution in [2.45, 2.75) is 13.3 Å². The highest BCUT2D eigenvalue weighted by Crippen LogP contribution is 2.28. The predicted molar refractivity (Wildman–Crippen MR) is 103 cm³/mol. The summed E-state index contributed by atoms with van der Waals surface area (Å²) in [4.78, 5) is 12.0. The standard InChI is InChI=1S/C21H25NO4/c1-4-26-20-15-16(9-11-19(20)25-3)10-12-21(23)22-14-13-17-7-5-6-8-18(17)24-2/h5-12,15H,4,13-14H2,1-3H3,(H,22,23)/b12-10+. The van der Waals surface area contributed by atoms with Crippen LogP contribution in [0.5, 0.6) is 17.2 Å². The van der Waals surface area contributed by atoms with Crippen molar-refractivity contribution in [2.24, 2.45) is 0 Å². The minimum absolute atomic E-state index is 0.145. The average Bonchev–Trinajstić information content (AvgIpc) is 2.67. The lowest BCUT2D eigenvalue weighted by Crippen LogP contribution is -2.23. The van der Waals surface area contributed by atoms with Gasteiger partial charge in [-0.25, -0.2) is 0 Å². The summed E-state index contributed by atoms with van der Waals surface area (Å²) in [5.74, 6) is 2.02. The highest BCUT2D eigenvalue weighted by atomic mass is 16.5. The molecule has 0 atom stereocenters. The Morgan fingerprint density at radius 3 is 2.54 bits per heavy atom. The van der Waals surface area contributed by atoms with E-state index in [0.717, 1.165) is 16.9 Å². The van der Waals surface area contributed by atoms with E-state index in [0.29, 0.717) is 31.1 Å². The van der Waals surface area contributed by atoms with Gasteiger partial charge in [0.1, 0.15) is 5.75 Å². The summed E-state index contributed by atoms with van der Waals surface area (Å²) >= 11 is 0. The molecule has 0 radical (unpaired) electrons. The molecule has 0 fully saturated rings. The summed E-state index contributed by atoms with van der Waals surface area (Å²) < 4.78 is 16.1. The Kier molecular flexibility index (Phi) is 7.55. The van der Waals surface area contributed by atoms with Crippen molar-refractivity contribution in [3.05, 3.63) is 59.7 Å². The van der Waals surface area contributed by atoms with Gasteiger partial charge in [0.25, 0.3) is 0 Å². The first-order valence-corrected chi connectivity index (χ1v) is 8.56. The lowest BCUT2D eigenvalue weighted by atomic mass is 10.1. The molecule has 0 bridgehead atoms. The molecule has 0 aliphatic carbocycles. The molecule has 0 saturated heterocycles. The molecule has 0 saturated carbocycles. The van der Waals surface area contributed by atoms with Gasteiger partial charge >= 0.3 is 0 Å². The molecule has 2 rings (SSSR count). The number of nitrogens with one attached hydrogen (secondary N) is 1. The maximum atomic E-state index is 12.0. The third-order valence-corrected chi connectivity index (χ3v) is 3.80. The summed E-state index contributed by atoms with van der Waals surface area (Å²) in [7, 11) is 3.24. The molecule has 0 aliphatic rings. The molecule has 2 aromatic rings. The summed E-state index contributed by atoms with van der Waals surface area (Å²) in [5, 5.41) is 2.88. The summed E-state index contributed by atoms with van der Waals surface area (Å²) in [6.45, 7) is 3.00. The van der Waals surface area contributed by atoms with Crippen molar-refractivity contribution in [1.82, 2.24) is 5.32 Å². The van der Waals surface area contributed by atoms with Gasteiger partial charge in [0.2, 0.25) is 5.91 Å². The number of rotatable bonds is 9. The molecule has 0 aliphatic heterocycles. The van der Waals surface area contributed by atoms with Gasteiger partial charge < -0.3 is 19.5 Å². The van der Waals surface area contributed by atoms with Gasteiger partial charge in [0.05, 0.1) is 20.8 Å². The van der Waals surface area contributed by atoms with Crippen molar-refractivity contribution >= 4 is 12.0 Å². The number of carbonyl (C=O) groups is 1. The third-order valence-electron chi connectivity index (χ3n) is 3.80. The first-order valence-electron chi connectivity index (χ1n) is 8.56. The molecule has 0 spiro atoms. The zero-order valence-electron chi connectivity index (χ0n) is 15.5. The predicted octanol–water partition coefficient (Wildman–Crippen LogP) is 3.47. The second kappa shape index (κ2) is 10.1. The zero-order chi connectivity index (χ0) is 18.8. The van der Waals surface area contributed by atoms with E-state index in [1.165, 1.54) is 6.08 Å². The molecule has 0 aromatic heterocycles. The van der Waals surface area contributed by atoms with E-state index < -0.39 is 0 Å². The van der Waals surface area contributed by atoms with Crippen LogP contribution in [-0.2, 0) is 11.2 Å². The van der Waals surface area contributed by atoms with Crippen LogP contribution in [0.4, 0.5) is 0 Å². The molecule has 1 amide bonds. The van der Waals surface area contributed by atoms with Crippen molar-refractivity contribution in [2.75, 3.05) is 27.4 Å². The van der Waals surface area contributed by atoms with Gasteiger partial charge in [0, 0.05) is 12.6 Å². The lowest BCUT2D eigenvalue weighted by molar-refractivity contribution is -0.116. The second-order valence-corrected chi connectivity index (χ2v) is 5.53. The Morgan fingerprint density at radius 2 is 1.81 bits per heavy atom. The molecule has 1 N–H and O–H groups in total. The van der Waals surface area contributed by atoms with Crippen LogP contribution < -0.4 is 19.5 Å². The SMILES string of the molecule is CCOc1cc(/C=C/C(=O)NCCc2ccccc2OC)ccc1OC. The van der Waals surface area contributed by atoms with Crippen molar-refractivity contribution in [3.63, 3.8) is 0 Å². The normalized spacial score (nSPS) is 10.6. The Morgan fingerprint density at radius 1 is 1.04 bits per heavy atom. The summed E-state index contributed by atoms with van der Waals surface area (Å²) in [5.41, 5.74) is 1.94. The first-order chi connectivity index (χ1) is 12.7. The summed E-state index contributed by atoms with van der Waals surface area (Å²) in [6, 6.07) is 13.3. The second-order valence-electron chi connectivity index (χ2n) is 5.53.